The molecule has 126 valence electrons. The van der Waals surface area contributed by atoms with Crippen LogP contribution in [-0.2, 0) is 25.3 Å². The van der Waals surface area contributed by atoms with E-state index < -0.39 is 23.3 Å². The standard InChI is InChI=1S/C16H18N4O4/c1-19-13(17)11(14(21)20(2)16(19)24)9-18-12(15(22)23)8-10-6-4-3-5-7-10/h3-7,9,12H,8,17H2,1-2H3,(H,22,23). The zero-order valence-electron chi connectivity index (χ0n) is 13.3. The van der Waals surface area contributed by atoms with Gasteiger partial charge in [0.25, 0.3) is 5.56 Å². The molecule has 3 N–H and O–H groups in total. The molecule has 24 heavy (non-hydrogen) atoms. The van der Waals surface area contributed by atoms with Crippen molar-refractivity contribution in [1.29, 1.82) is 0 Å². The highest BCUT2D eigenvalue weighted by atomic mass is 16.4. The Kier molecular flexibility index (Phi) is 4.98. The summed E-state index contributed by atoms with van der Waals surface area (Å²) in [7, 11) is 2.74. The second kappa shape index (κ2) is 6.95. The Hall–Kier alpha value is -3.16. The van der Waals surface area contributed by atoms with Gasteiger partial charge < -0.3 is 10.8 Å². The lowest BCUT2D eigenvalue weighted by molar-refractivity contribution is -0.138. The lowest BCUT2D eigenvalue weighted by Crippen LogP contribution is -2.40. The van der Waals surface area contributed by atoms with Crippen LogP contribution < -0.4 is 17.0 Å². The van der Waals surface area contributed by atoms with Gasteiger partial charge in [-0.1, -0.05) is 30.3 Å². The molecule has 8 nitrogen and oxygen atoms in total. The molecule has 0 saturated heterocycles. The summed E-state index contributed by atoms with van der Waals surface area (Å²) >= 11 is 0. The first-order valence-corrected chi connectivity index (χ1v) is 7.18. The molecule has 0 fully saturated rings. The largest absolute Gasteiger partial charge is 0.480 e. The zero-order chi connectivity index (χ0) is 17.9. The van der Waals surface area contributed by atoms with Crippen molar-refractivity contribution >= 4 is 18.0 Å². The molecule has 1 aromatic carbocycles. The number of aliphatic imine (C=N–C) groups is 1. The Morgan fingerprint density at radius 3 is 2.46 bits per heavy atom. The number of benzene rings is 1. The summed E-state index contributed by atoms with van der Waals surface area (Å²) < 4.78 is 2.00. The predicted octanol–water partition coefficient (Wildman–Crippen LogP) is -0.219. The Labute approximate surface area is 137 Å². The van der Waals surface area contributed by atoms with Gasteiger partial charge in [-0.15, -0.1) is 0 Å². The molecule has 2 aromatic rings. The van der Waals surface area contributed by atoms with Crippen molar-refractivity contribution in [2.24, 2.45) is 19.1 Å². The van der Waals surface area contributed by atoms with Crippen LogP contribution >= 0.6 is 0 Å². The fraction of sp³-hybridized carbons (Fsp3) is 0.250. The maximum absolute atomic E-state index is 12.1. The number of carboxylic acids is 1. The van der Waals surface area contributed by atoms with Crippen LogP contribution in [0.5, 0.6) is 0 Å². The molecule has 2 rings (SSSR count). The van der Waals surface area contributed by atoms with Crippen LogP contribution in [0.1, 0.15) is 11.1 Å². The number of hydrogen-bond donors (Lipinski definition) is 2. The Bertz CT molecular complexity index is 897. The third kappa shape index (κ3) is 3.43. The number of anilines is 1. The average Bonchev–Trinajstić information content (AvgIpc) is 2.58. The first kappa shape index (κ1) is 17.2. The van der Waals surface area contributed by atoms with Gasteiger partial charge in [0.2, 0.25) is 0 Å². The molecule has 1 unspecified atom stereocenters. The smallest absolute Gasteiger partial charge is 0.332 e. The fourth-order valence-corrected chi connectivity index (χ4v) is 2.21. The van der Waals surface area contributed by atoms with Gasteiger partial charge in [0.1, 0.15) is 5.82 Å². The van der Waals surface area contributed by atoms with Crippen LogP contribution in [0.2, 0.25) is 0 Å². The van der Waals surface area contributed by atoms with Crippen molar-refractivity contribution in [2.75, 3.05) is 5.73 Å². The minimum atomic E-state index is -1.12. The molecule has 0 amide bonds. The van der Waals surface area contributed by atoms with Gasteiger partial charge in [-0.05, 0) is 5.56 Å². The average molecular weight is 330 g/mol. The molecular weight excluding hydrogens is 312 g/mol. The number of nitrogens with two attached hydrogens (primary N) is 1. The molecule has 1 atom stereocenters. The van der Waals surface area contributed by atoms with Gasteiger partial charge in [0.15, 0.2) is 6.04 Å². The monoisotopic (exact) mass is 330 g/mol. The maximum atomic E-state index is 12.1. The third-order valence-corrected chi connectivity index (χ3v) is 3.69. The summed E-state index contributed by atoms with van der Waals surface area (Å²) in [5, 5.41) is 9.32. The summed E-state index contributed by atoms with van der Waals surface area (Å²) in [4.78, 5) is 39.3. The zero-order valence-corrected chi connectivity index (χ0v) is 13.3. The quantitative estimate of drug-likeness (QED) is 0.735. The molecular formula is C16H18N4O4. The molecule has 1 heterocycles. The van der Waals surface area contributed by atoms with E-state index in [2.05, 4.69) is 4.99 Å². The number of carboxylic acid groups (broad SMARTS) is 1. The number of nitrogen functional groups attached to an aromatic ring is 1. The summed E-state index contributed by atoms with van der Waals surface area (Å²) in [5.74, 6) is -1.17. The van der Waals surface area contributed by atoms with Crippen molar-refractivity contribution in [1.82, 2.24) is 9.13 Å². The highest BCUT2D eigenvalue weighted by molar-refractivity contribution is 5.87. The van der Waals surface area contributed by atoms with E-state index in [1.165, 1.54) is 14.1 Å². The summed E-state index contributed by atoms with van der Waals surface area (Å²) in [6.45, 7) is 0. The van der Waals surface area contributed by atoms with Crippen LogP contribution in [0, 0.1) is 0 Å². The highest BCUT2D eigenvalue weighted by Crippen LogP contribution is 2.07. The third-order valence-electron chi connectivity index (χ3n) is 3.69. The van der Waals surface area contributed by atoms with Crippen LogP contribution in [0.3, 0.4) is 0 Å². The normalized spacial score (nSPS) is 12.4. The van der Waals surface area contributed by atoms with Crippen LogP contribution in [0.4, 0.5) is 5.82 Å². The van der Waals surface area contributed by atoms with E-state index in [-0.39, 0.29) is 17.8 Å². The van der Waals surface area contributed by atoms with Crippen LogP contribution in [0.25, 0.3) is 0 Å². The van der Waals surface area contributed by atoms with Crippen molar-refractivity contribution in [2.45, 2.75) is 12.5 Å². The first-order chi connectivity index (χ1) is 11.3. The van der Waals surface area contributed by atoms with Gasteiger partial charge in [-0.2, -0.15) is 0 Å². The first-order valence-electron chi connectivity index (χ1n) is 7.18. The Morgan fingerprint density at radius 2 is 1.88 bits per heavy atom. The Morgan fingerprint density at radius 1 is 1.25 bits per heavy atom. The van der Waals surface area contributed by atoms with E-state index in [1.54, 1.807) is 24.3 Å². The van der Waals surface area contributed by atoms with Gasteiger partial charge in [0.05, 0.1) is 5.56 Å². The van der Waals surface area contributed by atoms with E-state index in [1.807, 2.05) is 6.07 Å². The topological polar surface area (TPSA) is 120 Å². The number of hydrogen-bond acceptors (Lipinski definition) is 5. The number of carbonyl (C=O) groups is 1. The second-order valence-corrected chi connectivity index (χ2v) is 5.33. The van der Waals surface area contributed by atoms with E-state index in [0.717, 1.165) is 20.9 Å². The molecule has 0 spiro atoms. The van der Waals surface area contributed by atoms with Crippen molar-refractivity contribution in [3.63, 3.8) is 0 Å². The molecule has 8 heteroatoms. The highest BCUT2D eigenvalue weighted by Gasteiger charge is 2.17. The molecule has 0 aliphatic rings. The van der Waals surface area contributed by atoms with E-state index >= 15 is 0 Å². The van der Waals surface area contributed by atoms with Gasteiger partial charge in [-0.25, -0.2) is 9.59 Å². The number of nitrogens with zero attached hydrogens (tertiary/aromatic N) is 3. The summed E-state index contributed by atoms with van der Waals surface area (Å²) in [6.07, 6.45) is 1.30. The fourth-order valence-electron chi connectivity index (χ4n) is 2.21. The van der Waals surface area contributed by atoms with E-state index in [0.29, 0.717) is 0 Å². The predicted molar refractivity (Wildman–Crippen MR) is 90.5 cm³/mol. The van der Waals surface area contributed by atoms with Crippen molar-refractivity contribution in [3.8, 4) is 0 Å². The minimum absolute atomic E-state index is 0.0149. The van der Waals surface area contributed by atoms with E-state index in [4.69, 9.17) is 5.73 Å². The van der Waals surface area contributed by atoms with Gasteiger partial charge in [-0.3, -0.25) is 18.9 Å². The lowest BCUT2D eigenvalue weighted by Gasteiger charge is -2.10. The summed E-state index contributed by atoms with van der Waals surface area (Å²) in [6, 6.07) is 7.97. The molecule has 0 bridgehead atoms. The molecule has 0 aliphatic carbocycles. The molecule has 0 radical (unpaired) electrons. The molecule has 0 aliphatic heterocycles. The minimum Gasteiger partial charge on any atom is -0.480 e. The van der Waals surface area contributed by atoms with E-state index in [9.17, 15) is 19.5 Å². The molecule has 1 aromatic heterocycles. The van der Waals surface area contributed by atoms with Gasteiger partial charge in [0, 0.05) is 26.7 Å². The summed E-state index contributed by atoms with van der Waals surface area (Å²) in [5.41, 5.74) is 5.39. The molecule has 0 saturated carbocycles. The van der Waals surface area contributed by atoms with Gasteiger partial charge >= 0.3 is 11.7 Å². The van der Waals surface area contributed by atoms with Crippen molar-refractivity contribution < 1.29 is 9.90 Å². The number of aromatic nitrogens is 2. The van der Waals surface area contributed by atoms with Crippen LogP contribution in [-0.4, -0.2) is 32.5 Å². The van der Waals surface area contributed by atoms with Crippen LogP contribution in [0.15, 0.2) is 44.9 Å². The Balaban J connectivity index is 2.39. The second-order valence-electron chi connectivity index (χ2n) is 5.33. The number of aliphatic carboxylic acids is 1. The lowest BCUT2D eigenvalue weighted by atomic mass is 10.1. The maximum Gasteiger partial charge on any atom is 0.332 e. The SMILES string of the molecule is Cn1c(N)c(C=NC(Cc2ccccc2)C(=O)O)c(=O)n(C)c1=O. The van der Waals surface area contributed by atoms with Crippen molar-refractivity contribution in [3.05, 3.63) is 62.3 Å². The number of rotatable bonds is 5.